The Morgan fingerprint density at radius 2 is 1.79 bits per heavy atom. The molecule has 0 atom stereocenters. The summed E-state index contributed by atoms with van der Waals surface area (Å²) in [5, 5.41) is 4.90. The Kier molecular flexibility index (Phi) is 4.94. The summed E-state index contributed by atoms with van der Waals surface area (Å²) in [5.74, 6) is 0.602. The van der Waals surface area contributed by atoms with E-state index in [1.807, 2.05) is 39.3 Å². The average molecular weight is 385 g/mol. The molecule has 1 aromatic heterocycles. The van der Waals surface area contributed by atoms with E-state index in [0.717, 1.165) is 29.8 Å². The van der Waals surface area contributed by atoms with Gasteiger partial charge in [0.25, 0.3) is 0 Å². The Morgan fingerprint density at radius 3 is 2.25 bits per heavy atom. The van der Waals surface area contributed by atoms with E-state index in [2.05, 4.69) is 32.0 Å². The summed E-state index contributed by atoms with van der Waals surface area (Å²) < 4.78 is 7.47. The number of anilines is 1. The number of para-hydroxylation sites is 1. The normalized spacial score (nSPS) is 15.6. The predicted molar refractivity (Wildman–Crippen MR) is 112 cm³/mol. The number of carbonyl (C=O) groups is 1. The number of rotatable bonds is 3. The number of nitrogens with two attached hydrogens (primary N) is 1. The number of benzene rings is 1. The molecular weight excluding hydrogens is 352 g/mol. The van der Waals surface area contributed by atoms with Crippen molar-refractivity contribution in [2.24, 2.45) is 0 Å². The molecule has 2 heterocycles. The smallest absolute Gasteiger partial charge is 0.411 e. The third-order valence-electron chi connectivity index (χ3n) is 5.38. The molecule has 0 saturated heterocycles. The van der Waals surface area contributed by atoms with Gasteiger partial charge in [-0.3, -0.25) is 4.90 Å². The van der Waals surface area contributed by atoms with Crippen molar-refractivity contribution in [1.82, 2.24) is 14.7 Å². The Balaban J connectivity index is 2.06. The number of nitrogen functional groups attached to an aromatic ring is 1. The first-order chi connectivity index (χ1) is 13.0. The van der Waals surface area contributed by atoms with Crippen LogP contribution in [-0.2, 0) is 29.7 Å². The molecule has 0 spiro atoms. The first-order valence-corrected chi connectivity index (χ1v) is 10.0. The molecule has 0 fully saturated rings. The van der Waals surface area contributed by atoms with Gasteiger partial charge in [-0.15, -0.1) is 0 Å². The van der Waals surface area contributed by atoms with Crippen LogP contribution in [0.2, 0.25) is 0 Å². The maximum absolute atomic E-state index is 12.7. The summed E-state index contributed by atoms with van der Waals surface area (Å²) >= 11 is 0. The molecule has 0 aliphatic carbocycles. The Bertz CT molecular complexity index is 884. The van der Waals surface area contributed by atoms with Gasteiger partial charge in [0.15, 0.2) is 0 Å². The minimum Gasteiger partial charge on any atom is -0.444 e. The topological polar surface area (TPSA) is 73.4 Å². The number of hydrogen-bond donors (Lipinski definition) is 1. The van der Waals surface area contributed by atoms with E-state index in [0.29, 0.717) is 12.4 Å². The van der Waals surface area contributed by atoms with Gasteiger partial charge in [0, 0.05) is 5.56 Å². The maximum atomic E-state index is 12.7. The van der Waals surface area contributed by atoms with Crippen LogP contribution in [0.1, 0.15) is 70.9 Å². The van der Waals surface area contributed by atoms with Gasteiger partial charge in [-0.05, 0) is 58.6 Å². The molecule has 6 nitrogen and oxygen atoms in total. The number of aromatic nitrogens is 2. The van der Waals surface area contributed by atoms with Crippen molar-refractivity contribution in [2.45, 2.75) is 79.0 Å². The van der Waals surface area contributed by atoms with Gasteiger partial charge in [-0.1, -0.05) is 32.0 Å². The van der Waals surface area contributed by atoms with Crippen molar-refractivity contribution in [3.05, 3.63) is 40.6 Å². The lowest BCUT2D eigenvalue weighted by atomic mass is 10.0. The Morgan fingerprint density at radius 1 is 1.21 bits per heavy atom. The minimum atomic E-state index is -0.593. The molecular formula is C22H32N4O2. The average Bonchev–Trinajstić information content (AvgIpc) is 3.07. The molecule has 1 amide bonds. The summed E-state index contributed by atoms with van der Waals surface area (Å²) in [5.41, 5.74) is 10.7. The number of amides is 1. The summed E-state index contributed by atoms with van der Waals surface area (Å²) in [4.78, 5) is 14.4. The van der Waals surface area contributed by atoms with Crippen LogP contribution in [0.4, 0.5) is 10.6 Å². The van der Waals surface area contributed by atoms with Crippen molar-refractivity contribution in [3.8, 4) is 5.69 Å². The summed E-state index contributed by atoms with van der Waals surface area (Å²) in [6.07, 6.45) is 1.46. The lowest BCUT2D eigenvalue weighted by molar-refractivity contribution is 0.00444. The lowest BCUT2D eigenvalue weighted by Gasteiger charge is -2.33. The predicted octanol–water partition coefficient (Wildman–Crippen LogP) is 4.57. The zero-order valence-electron chi connectivity index (χ0n) is 18.1. The highest BCUT2D eigenvalue weighted by atomic mass is 16.6. The number of carbonyl (C=O) groups excluding carboxylic acids is 1. The quantitative estimate of drug-likeness (QED) is 0.841. The highest BCUT2D eigenvalue weighted by Gasteiger charge is 2.46. The van der Waals surface area contributed by atoms with Crippen LogP contribution in [-0.4, -0.2) is 26.4 Å². The van der Waals surface area contributed by atoms with Crippen molar-refractivity contribution in [3.63, 3.8) is 0 Å². The molecule has 0 bridgehead atoms. The van der Waals surface area contributed by atoms with Gasteiger partial charge >= 0.3 is 6.09 Å². The van der Waals surface area contributed by atoms with Gasteiger partial charge in [-0.2, -0.15) is 5.10 Å². The minimum absolute atomic E-state index is 0.343. The summed E-state index contributed by atoms with van der Waals surface area (Å²) in [7, 11) is 0. The lowest BCUT2D eigenvalue weighted by Crippen LogP contribution is -2.43. The third-order valence-corrected chi connectivity index (χ3v) is 5.38. The van der Waals surface area contributed by atoms with Crippen molar-refractivity contribution < 1.29 is 9.53 Å². The Hall–Kier alpha value is -2.50. The maximum Gasteiger partial charge on any atom is 0.411 e. The molecule has 28 heavy (non-hydrogen) atoms. The Labute approximate surface area is 167 Å². The van der Waals surface area contributed by atoms with Crippen LogP contribution in [0.5, 0.6) is 0 Å². The van der Waals surface area contributed by atoms with E-state index in [1.54, 1.807) is 4.90 Å². The molecule has 2 aromatic rings. The molecule has 0 unspecified atom stereocenters. The highest BCUT2D eigenvalue weighted by molar-refractivity contribution is 5.72. The first kappa shape index (κ1) is 20.2. The molecule has 1 aromatic carbocycles. The van der Waals surface area contributed by atoms with E-state index in [9.17, 15) is 4.79 Å². The standard InChI is InChI=1S/C22H32N4O2/c1-8-14-11-10-12-15(9-2)17(14)26-19(23)16-13-25(20(27)28-21(3,4)5)22(6,7)18(16)24-26/h10-12H,8-9,13,23H2,1-7H3. The molecule has 3 rings (SSSR count). The van der Waals surface area contributed by atoms with Gasteiger partial charge in [0.1, 0.15) is 11.4 Å². The van der Waals surface area contributed by atoms with Crippen LogP contribution >= 0.6 is 0 Å². The van der Waals surface area contributed by atoms with Crippen molar-refractivity contribution >= 4 is 11.9 Å². The fraction of sp³-hybridized carbons (Fsp3) is 0.545. The zero-order chi connectivity index (χ0) is 20.9. The molecule has 152 valence electrons. The molecule has 2 N–H and O–H groups in total. The molecule has 0 radical (unpaired) electrons. The second kappa shape index (κ2) is 6.83. The largest absolute Gasteiger partial charge is 0.444 e. The molecule has 0 saturated carbocycles. The fourth-order valence-electron chi connectivity index (χ4n) is 3.86. The fourth-order valence-corrected chi connectivity index (χ4v) is 3.86. The monoisotopic (exact) mass is 384 g/mol. The van der Waals surface area contributed by atoms with Crippen molar-refractivity contribution in [2.75, 3.05) is 5.73 Å². The van der Waals surface area contributed by atoms with Gasteiger partial charge in [0.2, 0.25) is 0 Å². The van der Waals surface area contributed by atoms with Crippen LogP contribution < -0.4 is 5.73 Å². The first-order valence-electron chi connectivity index (χ1n) is 10.0. The van der Waals surface area contributed by atoms with E-state index in [4.69, 9.17) is 15.6 Å². The van der Waals surface area contributed by atoms with Crippen LogP contribution in [0.15, 0.2) is 18.2 Å². The highest BCUT2D eigenvalue weighted by Crippen LogP contribution is 2.42. The third kappa shape index (κ3) is 3.25. The van der Waals surface area contributed by atoms with Crippen LogP contribution in [0, 0.1) is 0 Å². The summed E-state index contributed by atoms with van der Waals surface area (Å²) in [6.45, 7) is 14.3. The SMILES string of the molecule is CCc1cccc(CC)c1-n1nc2c(c1N)CN(C(=O)OC(C)(C)C)C2(C)C. The van der Waals surface area contributed by atoms with E-state index < -0.39 is 11.1 Å². The van der Waals surface area contributed by atoms with Crippen molar-refractivity contribution in [1.29, 1.82) is 0 Å². The van der Waals surface area contributed by atoms with E-state index >= 15 is 0 Å². The van der Waals surface area contributed by atoms with E-state index in [1.165, 1.54) is 11.1 Å². The molecule has 6 heteroatoms. The second-order valence-corrected chi connectivity index (χ2v) is 8.88. The van der Waals surface area contributed by atoms with Gasteiger partial charge in [0.05, 0.1) is 23.5 Å². The zero-order valence-corrected chi connectivity index (χ0v) is 18.1. The number of ether oxygens (including phenoxy) is 1. The van der Waals surface area contributed by atoms with E-state index in [-0.39, 0.29) is 6.09 Å². The second-order valence-electron chi connectivity index (χ2n) is 8.88. The number of aryl methyl sites for hydroxylation is 2. The van der Waals surface area contributed by atoms with Gasteiger partial charge < -0.3 is 10.5 Å². The number of fused-ring (bicyclic) bond motifs is 1. The number of hydrogen-bond acceptors (Lipinski definition) is 4. The van der Waals surface area contributed by atoms with Crippen LogP contribution in [0.25, 0.3) is 5.69 Å². The van der Waals surface area contributed by atoms with Gasteiger partial charge in [-0.25, -0.2) is 9.48 Å². The summed E-state index contributed by atoms with van der Waals surface area (Å²) in [6, 6.07) is 6.33. The van der Waals surface area contributed by atoms with Crippen LogP contribution in [0.3, 0.4) is 0 Å². The number of nitrogens with zero attached hydrogens (tertiary/aromatic N) is 3. The molecule has 1 aliphatic rings. The molecule has 1 aliphatic heterocycles.